The highest BCUT2D eigenvalue weighted by atomic mass is 31.2. The van der Waals surface area contributed by atoms with Crippen LogP contribution in [0.1, 0.15) is 38.8 Å². The fourth-order valence-corrected chi connectivity index (χ4v) is 3.77. The van der Waals surface area contributed by atoms with Gasteiger partial charge in [-0.1, -0.05) is 17.7 Å². The highest BCUT2D eigenvalue weighted by Gasteiger charge is 2.31. The van der Waals surface area contributed by atoms with Crippen LogP contribution >= 0.6 is 7.60 Å². The zero-order valence-corrected chi connectivity index (χ0v) is 15.1. The van der Waals surface area contributed by atoms with Crippen molar-refractivity contribution in [2.45, 2.75) is 33.9 Å². The Morgan fingerprint density at radius 1 is 1.17 bits per heavy atom. The van der Waals surface area contributed by atoms with Crippen molar-refractivity contribution in [3.63, 3.8) is 0 Å². The zero-order valence-electron chi connectivity index (χ0n) is 14.2. The molecular formula is C17H22F3O3P. The third-order valence-electron chi connectivity index (χ3n) is 2.88. The van der Waals surface area contributed by atoms with E-state index in [4.69, 9.17) is 9.05 Å². The van der Waals surface area contributed by atoms with E-state index in [0.29, 0.717) is 0 Å². The Morgan fingerprint density at radius 2 is 1.75 bits per heavy atom. The molecule has 1 aromatic carbocycles. The summed E-state index contributed by atoms with van der Waals surface area (Å²) in [5.41, 5.74) is 0.334. The van der Waals surface area contributed by atoms with Gasteiger partial charge >= 0.3 is 13.8 Å². The molecule has 0 atom stereocenters. The molecule has 24 heavy (non-hydrogen) atoms. The van der Waals surface area contributed by atoms with E-state index in [1.54, 1.807) is 33.8 Å². The summed E-state index contributed by atoms with van der Waals surface area (Å²) in [6.45, 7) is 7.26. The lowest BCUT2D eigenvalue weighted by molar-refractivity contribution is -0.137. The molecule has 0 unspecified atom stereocenters. The van der Waals surface area contributed by atoms with Gasteiger partial charge in [0, 0.05) is 0 Å². The summed E-state index contributed by atoms with van der Waals surface area (Å²) in [6.07, 6.45) is -1.43. The summed E-state index contributed by atoms with van der Waals surface area (Å²) in [6, 6.07) is 4.81. The van der Waals surface area contributed by atoms with Crippen LogP contribution in [0.5, 0.6) is 0 Å². The van der Waals surface area contributed by atoms with Gasteiger partial charge < -0.3 is 9.05 Å². The van der Waals surface area contributed by atoms with Crippen LogP contribution in [0.25, 0.3) is 6.08 Å². The molecule has 1 aromatic rings. The summed E-state index contributed by atoms with van der Waals surface area (Å²) in [7, 11) is -3.60. The average molecular weight is 362 g/mol. The molecule has 0 radical (unpaired) electrons. The van der Waals surface area contributed by atoms with Gasteiger partial charge in [-0.2, -0.15) is 13.2 Å². The molecule has 0 saturated heterocycles. The van der Waals surface area contributed by atoms with Crippen LogP contribution in [0.2, 0.25) is 0 Å². The quantitative estimate of drug-likeness (QED) is 0.423. The van der Waals surface area contributed by atoms with Crippen LogP contribution in [0.15, 0.2) is 41.2 Å². The Labute approximate surface area is 140 Å². The van der Waals surface area contributed by atoms with E-state index in [-0.39, 0.29) is 24.1 Å². The summed E-state index contributed by atoms with van der Waals surface area (Å²) in [4.78, 5) is 0. The van der Waals surface area contributed by atoms with Gasteiger partial charge in [0.2, 0.25) is 0 Å². The molecule has 0 aromatic heterocycles. The summed E-state index contributed by atoms with van der Waals surface area (Å²) < 4.78 is 62.1. The summed E-state index contributed by atoms with van der Waals surface area (Å²) in [5.74, 6) is 0. The standard InChI is InChI=1S/C17H22F3O3P/c1-5-22-24(21,23-6-2)16(10-13(3)4)12-14-8-7-9-15(11-14)17(18,19)20/h7-12H,5-6H2,1-4H3/b16-12+. The van der Waals surface area contributed by atoms with Gasteiger partial charge in [-0.05, 0) is 57.5 Å². The first kappa shape index (κ1) is 20.7. The minimum atomic E-state index is -4.44. The van der Waals surface area contributed by atoms with Gasteiger partial charge in [-0.25, -0.2) is 0 Å². The lowest BCUT2D eigenvalue weighted by Crippen LogP contribution is -2.04. The maximum Gasteiger partial charge on any atom is 0.416 e. The number of alkyl halides is 3. The Kier molecular flexibility index (Phi) is 7.46. The van der Waals surface area contributed by atoms with E-state index in [2.05, 4.69) is 0 Å². The lowest BCUT2D eigenvalue weighted by atomic mass is 10.1. The van der Waals surface area contributed by atoms with Gasteiger partial charge in [0.25, 0.3) is 0 Å². The highest BCUT2D eigenvalue weighted by molar-refractivity contribution is 7.59. The number of hydrogen-bond donors (Lipinski definition) is 0. The highest BCUT2D eigenvalue weighted by Crippen LogP contribution is 2.57. The van der Waals surface area contributed by atoms with E-state index in [1.165, 1.54) is 18.2 Å². The van der Waals surface area contributed by atoms with Crippen molar-refractivity contribution in [1.82, 2.24) is 0 Å². The van der Waals surface area contributed by atoms with E-state index in [1.807, 2.05) is 0 Å². The molecule has 0 aliphatic carbocycles. The smallest absolute Gasteiger partial charge is 0.305 e. The first-order valence-corrected chi connectivity index (χ1v) is 9.10. The van der Waals surface area contributed by atoms with Crippen molar-refractivity contribution in [3.8, 4) is 0 Å². The van der Waals surface area contributed by atoms with Gasteiger partial charge in [0.05, 0.1) is 24.1 Å². The lowest BCUT2D eigenvalue weighted by Gasteiger charge is -2.19. The van der Waals surface area contributed by atoms with Crippen molar-refractivity contribution in [1.29, 1.82) is 0 Å². The van der Waals surface area contributed by atoms with Crippen molar-refractivity contribution in [2.24, 2.45) is 0 Å². The molecular weight excluding hydrogens is 340 g/mol. The molecule has 1 rings (SSSR count). The summed E-state index contributed by atoms with van der Waals surface area (Å²) in [5, 5.41) is 0.227. The van der Waals surface area contributed by atoms with Crippen LogP contribution in [0.4, 0.5) is 13.2 Å². The van der Waals surface area contributed by atoms with Crippen LogP contribution < -0.4 is 0 Å². The molecule has 0 fully saturated rings. The van der Waals surface area contributed by atoms with Crippen molar-refractivity contribution < 1.29 is 26.8 Å². The molecule has 0 aliphatic heterocycles. The maximum absolute atomic E-state index is 13.0. The van der Waals surface area contributed by atoms with Crippen LogP contribution in [0, 0.1) is 0 Å². The van der Waals surface area contributed by atoms with E-state index in [9.17, 15) is 17.7 Å². The Hall–Kier alpha value is -1.36. The predicted octanol–water partition coefficient (Wildman–Crippen LogP) is 6.28. The molecule has 134 valence electrons. The second-order valence-electron chi connectivity index (χ2n) is 5.25. The first-order chi connectivity index (χ1) is 11.1. The maximum atomic E-state index is 13.0. The van der Waals surface area contributed by atoms with E-state index < -0.39 is 19.3 Å². The third-order valence-corrected chi connectivity index (χ3v) is 4.97. The Morgan fingerprint density at radius 3 is 2.21 bits per heavy atom. The second-order valence-corrected chi connectivity index (χ2v) is 7.27. The minimum absolute atomic E-state index is 0.161. The van der Waals surface area contributed by atoms with Gasteiger partial charge in [-0.15, -0.1) is 0 Å². The van der Waals surface area contributed by atoms with Crippen molar-refractivity contribution in [3.05, 3.63) is 52.4 Å². The summed E-state index contributed by atoms with van der Waals surface area (Å²) >= 11 is 0. The van der Waals surface area contributed by atoms with Crippen LogP contribution in [-0.4, -0.2) is 13.2 Å². The Balaban J connectivity index is 3.43. The van der Waals surface area contributed by atoms with Gasteiger partial charge in [-0.3, -0.25) is 4.57 Å². The molecule has 3 nitrogen and oxygen atoms in total. The molecule has 0 heterocycles. The van der Waals surface area contributed by atoms with E-state index >= 15 is 0 Å². The number of hydrogen-bond acceptors (Lipinski definition) is 3. The first-order valence-electron chi connectivity index (χ1n) is 7.56. The third kappa shape index (κ3) is 5.93. The fraction of sp³-hybridized carbons (Fsp3) is 0.412. The molecule has 7 heteroatoms. The number of benzene rings is 1. The molecule has 0 spiro atoms. The number of halogens is 3. The largest absolute Gasteiger partial charge is 0.416 e. The number of rotatable bonds is 7. The fourth-order valence-electron chi connectivity index (χ4n) is 2.00. The van der Waals surface area contributed by atoms with Crippen molar-refractivity contribution in [2.75, 3.05) is 13.2 Å². The Bertz CT molecular complexity index is 649. The predicted molar refractivity (Wildman–Crippen MR) is 89.7 cm³/mol. The molecule has 0 bridgehead atoms. The van der Waals surface area contributed by atoms with E-state index in [0.717, 1.165) is 17.7 Å². The van der Waals surface area contributed by atoms with Crippen molar-refractivity contribution >= 4 is 13.7 Å². The second kappa shape index (κ2) is 8.65. The van der Waals surface area contributed by atoms with Gasteiger partial charge in [0.1, 0.15) is 0 Å². The van der Waals surface area contributed by atoms with Crippen LogP contribution in [-0.2, 0) is 19.8 Å². The average Bonchev–Trinajstić information content (AvgIpc) is 2.46. The monoisotopic (exact) mass is 362 g/mol. The van der Waals surface area contributed by atoms with Crippen LogP contribution in [0.3, 0.4) is 0 Å². The SMILES string of the molecule is CCOP(=O)(OCC)/C(C=C(C)C)=C/c1cccc(C(F)(F)F)c1. The molecule has 0 N–H and O–H groups in total. The normalized spacial score (nSPS) is 13.0. The zero-order chi connectivity index (χ0) is 18.4. The molecule has 0 amide bonds. The topological polar surface area (TPSA) is 35.5 Å². The number of allylic oxidation sites excluding steroid dienone is 3. The van der Waals surface area contributed by atoms with Gasteiger partial charge in [0.15, 0.2) is 0 Å². The minimum Gasteiger partial charge on any atom is -0.305 e. The molecule has 0 saturated carbocycles. The molecule has 0 aliphatic rings.